The number of unbranched alkanes of at least 4 members (excludes halogenated alkanes) is 8. The van der Waals surface area contributed by atoms with Crippen LogP contribution in [-0.2, 0) is 4.74 Å². The maximum atomic E-state index is 5.47. The van der Waals surface area contributed by atoms with Gasteiger partial charge in [-0.25, -0.2) is 0 Å². The average molecular weight is 213 g/mol. The van der Waals surface area contributed by atoms with E-state index in [1.165, 1.54) is 57.8 Å². The molecule has 0 spiro atoms. The molecule has 1 radical (unpaired) electrons. The number of rotatable bonds is 12. The van der Waals surface area contributed by atoms with E-state index >= 15 is 0 Å². The first kappa shape index (κ1) is 15.0. The largest absolute Gasteiger partial charge is 0.376 e. The summed E-state index contributed by atoms with van der Waals surface area (Å²) in [6, 6.07) is 0. The summed E-state index contributed by atoms with van der Waals surface area (Å²) in [7, 11) is 0. The van der Waals surface area contributed by atoms with Gasteiger partial charge in [0.2, 0.25) is 0 Å². The van der Waals surface area contributed by atoms with Gasteiger partial charge in [-0.1, -0.05) is 65.2 Å². The van der Waals surface area contributed by atoms with E-state index < -0.39 is 0 Å². The highest BCUT2D eigenvalue weighted by molar-refractivity contribution is 4.52. The molecule has 0 aliphatic heterocycles. The van der Waals surface area contributed by atoms with Gasteiger partial charge in [-0.15, -0.1) is 0 Å². The normalized spacial score (nSPS) is 10.8. The van der Waals surface area contributed by atoms with Gasteiger partial charge in [0.05, 0.1) is 6.61 Å². The van der Waals surface area contributed by atoms with Crippen molar-refractivity contribution in [3.8, 4) is 0 Å². The molecule has 0 aliphatic carbocycles. The lowest BCUT2D eigenvalue weighted by molar-refractivity contribution is 0.183. The summed E-state index contributed by atoms with van der Waals surface area (Å²) in [5.74, 6) is 0. The molecule has 0 amide bonds. The van der Waals surface area contributed by atoms with E-state index in [4.69, 9.17) is 4.74 Å². The molecule has 0 fully saturated rings. The van der Waals surface area contributed by atoms with E-state index in [0.29, 0.717) is 0 Å². The molecule has 0 bridgehead atoms. The van der Waals surface area contributed by atoms with E-state index in [-0.39, 0.29) is 0 Å². The molecule has 0 N–H and O–H groups in total. The summed E-state index contributed by atoms with van der Waals surface area (Å²) < 4.78 is 5.47. The molecule has 0 aromatic carbocycles. The molecule has 91 valence electrons. The third-order valence-electron chi connectivity index (χ3n) is 2.66. The predicted octanol–water partition coefficient (Wildman–Crippen LogP) is 5.11. The quantitative estimate of drug-likeness (QED) is 0.409. The molecule has 1 nitrogen and oxygen atoms in total. The summed E-state index contributed by atoms with van der Waals surface area (Å²) in [6.45, 7) is 7.43. The minimum absolute atomic E-state index is 0.928. The van der Waals surface area contributed by atoms with Crippen LogP contribution in [0.25, 0.3) is 0 Å². The summed E-state index contributed by atoms with van der Waals surface area (Å²) in [5, 5.41) is 0. The van der Waals surface area contributed by atoms with Crippen LogP contribution in [0.5, 0.6) is 0 Å². The lowest BCUT2D eigenvalue weighted by Gasteiger charge is -2.03. The van der Waals surface area contributed by atoms with Crippen LogP contribution >= 0.6 is 0 Å². The summed E-state index contributed by atoms with van der Waals surface area (Å²) in [6.07, 6.45) is 13.1. The van der Waals surface area contributed by atoms with Crippen molar-refractivity contribution in [2.24, 2.45) is 0 Å². The fourth-order valence-corrected chi connectivity index (χ4v) is 1.61. The Bertz CT molecular complexity index is 89.5. The van der Waals surface area contributed by atoms with Crippen LogP contribution in [-0.4, -0.2) is 6.61 Å². The topological polar surface area (TPSA) is 9.23 Å². The Labute approximate surface area is 96.6 Å². The number of hydrogen-bond acceptors (Lipinski definition) is 1. The van der Waals surface area contributed by atoms with Gasteiger partial charge in [-0.3, -0.25) is 0 Å². The maximum Gasteiger partial charge on any atom is 0.0836 e. The van der Waals surface area contributed by atoms with Crippen molar-refractivity contribution in [2.45, 2.75) is 78.1 Å². The second kappa shape index (κ2) is 14.0. The molecule has 0 aromatic heterocycles. The maximum absolute atomic E-state index is 5.47. The first-order valence-corrected chi connectivity index (χ1v) is 6.85. The Hall–Kier alpha value is -0.0400. The molecule has 0 heterocycles. The van der Waals surface area contributed by atoms with Gasteiger partial charge in [-0.2, -0.15) is 0 Å². The molecule has 1 heteroatoms. The van der Waals surface area contributed by atoms with Crippen LogP contribution in [0, 0.1) is 6.61 Å². The SMILES string of the molecule is CCCCCC[CH]OCCCCCCC. The molecular weight excluding hydrogens is 184 g/mol. The summed E-state index contributed by atoms with van der Waals surface area (Å²) >= 11 is 0. The lowest BCUT2D eigenvalue weighted by Crippen LogP contribution is -1.92. The van der Waals surface area contributed by atoms with Crippen molar-refractivity contribution in [3.05, 3.63) is 6.61 Å². The van der Waals surface area contributed by atoms with Crippen molar-refractivity contribution >= 4 is 0 Å². The predicted molar refractivity (Wildman–Crippen MR) is 67.8 cm³/mol. The van der Waals surface area contributed by atoms with E-state index in [1.54, 1.807) is 0 Å². The molecular formula is C14H29O. The van der Waals surface area contributed by atoms with Crippen molar-refractivity contribution in [3.63, 3.8) is 0 Å². The first-order valence-electron chi connectivity index (χ1n) is 6.85. The molecule has 0 saturated carbocycles. The van der Waals surface area contributed by atoms with Crippen LogP contribution in [0.1, 0.15) is 78.1 Å². The monoisotopic (exact) mass is 213 g/mol. The van der Waals surface area contributed by atoms with Gasteiger partial charge in [0.1, 0.15) is 0 Å². The second-order valence-electron chi connectivity index (χ2n) is 4.30. The minimum Gasteiger partial charge on any atom is -0.376 e. The summed E-state index contributed by atoms with van der Waals surface area (Å²) in [5.41, 5.74) is 0. The Morgan fingerprint density at radius 1 is 0.733 bits per heavy atom. The molecule has 0 aromatic rings. The Morgan fingerprint density at radius 3 is 2.00 bits per heavy atom. The first-order chi connectivity index (χ1) is 7.41. The zero-order valence-electron chi connectivity index (χ0n) is 10.8. The molecule has 0 saturated heterocycles. The summed E-state index contributed by atoms with van der Waals surface area (Å²) in [4.78, 5) is 0. The number of ether oxygens (including phenoxy) is 1. The van der Waals surface area contributed by atoms with Gasteiger partial charge in [0, 0.05) is 6.61 Å². The van der Waals surface area contributed by atoms with Gasteiger partial charge in [0.25, 0.3) is 0 Å². The molecule has 15 heavy (non-hydrogen) atoms. The van der Waals surface area contributed by atoms with Crippen molar-refractivity contribution < 1.29 is 4.74 Å². The Morgan fingerprint density at radius 2 is 1.33 bits per heavy atom. The molecule has 0 aliphatic rings. The van der Waals surface area contributed by atoms with Crippen molar-refractivity contribution in [1.29, 1.82) is 0 Å². The van der Waals surface area contributed by atoms with E-state index in [9.17, 15) is 0 Å². The Balaban J connectivity index is 2.81. The number of hydrogen-bond donors (Lipinski definition) is 0. The average Bonchev–Trinajstić information content (AvgIpc) is 2.26. The van der Waals surface area contributed by atoms with Crippen LogP contribution in [0.15, 0.2) is 0 Å². The van der Waals surface area contributed by atoms with Crippen LogP contribution in [0.2, 0.25) is 0 Å². The third kappa shape index (κ3) is 14.0. The van der Waals surface area contributed by atoms with Crippen molar-refractivity contribution in [2.75, 3.05) is 6.61 Å². The molecule has 0 unspecified atom stereocenters. The van der Waals surface area contributed by atoms with Crippen LogP contribution in [0.4, 0.5) is 0 Å². The van der Waals surface area contributed by atoms with Crippen LogP contribution < -0.4 is 0 Å². The van der Waals surface area contributed by atoms with E-state index in [2.05, 4.69) is 13.8 Å². The zero-order chi connectivity index (χ0) is 11.2. The van der Waals surface area contributed by atoms with Crippen molar-refractivity contribution in [1.82, 2.24) is 0 Å². The highest BCUT2D eigenvalue weighted by Crippen LogP contribution is 2.06. The zero-order valence-corrected chi connectivity index (χ0v) is 10.8. The van der Waals surface area contributed by atoms with Crippen LogP contribution in [0.3, 0.4) is 0 Å². The van der Waals surface area contributed by atoms with Gasteiger partial charge >= 0.3 is 0 Å². The smallest absolute Gasteiger partial charge is 0.0836 e. The molecule has 0 rings (SSSR count). The molecule has 0 atom stereocenters. The minimum atomic E-state index is 0.928. The third-order valence-corrected chi connectivity index (χ3v) is 2.66. The van der Waals surface area contributed by atoms with Gasteiger partial charge < -0.3 is 4.74 Å². The fraction of sp³-hybridized carbons (Fsp3) is 0.929. The fourth-order valence-electron chi connectivity index (χ4n) is 1.61. The standard InChI is InChI=1S/C14H29O/c1-3-5-7-9-11-13-15-14-12-10-8-6-4-2/h13H,3-12,14H2,1-2H3. The second-order valence-corrected chi connectivity index (χ2v) is 4.30. The van der Waals surface area contributed by atoms with Gasteiger partial charge in [0.15, 0.2) is 0 Å². The highest BCUT2D eigenvalue weighted by Gasteiger charge is 1.92. The van der Waals surface area contributed by atoms with E-state index in [1.807, 2.05) is 6.61 Å². The Kier molecular flexibility index (Phi) is 13.9. The van der Waals surface area contributed by atoms with E-state index in [0.717, 1.165) is 13.0 Å². The van der Waals surface area contributed by atoms with Gasteiger partial charge in [-0.05, 0) is 12.8 Å². The highest BCUT2D eigenvalue weighted by atomic mass is 16.5. The lowest BCUT2D eigenvalue weighted by atomic mass is 10.1.